The Morgan fingerprint density at radius 3 is 3.12 bits per heavy atom. The highest BCUT2D eigenvalue weighted by molar-refractivity contribution is 5.71. The average molecular weight is 214 g/mol. The van der Waals surface area contributed by atoms with Gasteiger partial charge in [0, 0.05) is 6.54 Å². The highest BCUT2D eigenvalue weighted by atomic mass is 16.6. The number of carbonyl (C=O) groups excluding carboxylic acids is 1. The van der Waals surface area contributed by atoms with Crippen LogP contribution in [0.25, 0.3) is 0 Å². The van der Waals surface area contributed by atoms with E-state index >= 15 is 0 Å². The third-order valence-corrected chi connectivity index (χ3v) is 3.21. The summed E-state index contributed by atoms with van der Waals surface area (Å²) in [5, 5.41) is 8.82. The van der Waals surface area contributed by atoms with Crippen LogP contribution < -0.4 is 0 Å². The van der Waals surface area contributed by atoms with Gasteiger partial charge >= 0.3 is 6.09 Å². The molecule has 0 aromatic heterocycles. The van der Waals surface area contributed by atoms with Crippen LogP contribution >= 0.6 is 0 Å². The lowest BCUT2D eigenvalue weighted by Crippen LogP contribution is -2.38. The van der Waals surface area contributed by atoms with Crippen LogP contribution in [-0.4, -0.2) is 23.6 Å². The van der Waals surface area contributed by atoms with Gasteiger partial charge in [0.05, 0.1) is 17.7 Å². The van der Waals surface area contributed by atoms with Crippen molar-refractivity contribution >= 4 is 6.09 Å². The van der Waals surface area contributed by atoms with Gasteiger partial charge in [-0.15, -0.1) is 0 Å². The second-order valence-corrected chi connectivity index (χ2v) is 4.16. The molecule has 1 aromatic rings. The van der Waals surface area contributed by atoms with Crippen molar-refractivity contribution in [1.29, 1.82) is 5.26 Å². The normalized spacial score (nSPS) is 22.1. The Labute approximate surface area is 93.0 Å². The van der Waals surface area contributed by atoms with E-state index in [4.69, 9.17) is 10.00 Å². The molecule has 0 radical (unpaired) electrons. The molecule has 3 rings (SSSR count). The SMILES string of the molecule is N#Cc1ccc2c(c1)CN1C(=O)OC[C@@H]1C2. The highest BCUT2D eigenvalue weighted by Crippen LogP contribution is 2.28. The first-order valence-corrected chi connectivity index (χ1v) is 5.23. The third-order valence-electron chi connectivity index (χ3n) is 3.21. The van der Waals surface area contributed by atoms with E-state index in [-0.39, 0.29) is 12.1 Å². The Balaban J connectivity index is 1.99. The Kier molecular flexibility index (Phi) is 1.87. The number of carbonyl (C=O) groups is 1. The van der Waals surface area contributed by atoms with Crippen molar-refractivity contribution in [2.24, 2.45) is 0 Å². The summed E-state index contributed by atoms with van der Waals surface area (Å²) in [4.78, 5) is 13.2. The summed E-state index contributed by atoms with van der Waals surface area (Å²) in [6, 6.07) is 7.95. The van der Waals surface area contributed by atoms with Crippen LogP contribution in [0.15, 0.2) is 18.2 Å². The number of nitrogens with zero attached hydrogens (tertiary/aromatic N) is 2. The van der Waals surface area contributed by atoms with Crippen LogP contribution in [0.3, 0.4) is 0 Å². The van der Waals surface area contributed by atoms with Gasteiger partial charge in [0.1, 0.15) is 6.61 Å². The van der Waals surface area contributed by atoms with Crippen LogP contribution in [0.1, 0.15) is 16.7 Å². The minimum atomic E-state index is -0.238. The Morgan fingerprint density at radius 2 is 2.31 bits per heavy atom. The molecule has 1 saturated heterocycles. The Bertz CT molecular complexity index is 504. The lowest BCUT2D eigenvalue weighted by molar-refractivity contribution is 0.155. The van der Waals surface area contributed by atoms with E-state index in [1.807, 2.05) is 18.2 Å². The molecule has 0 saturated carbocycles. The van der Waals surface area contributed by atoms with E-state index in [9.17, 15) is 4.79 Å². The van der Waals surface area contributed by atoms with Crippen LogP contribution in [0.5, 0.6) is 0 Å². The molecule has 2 heterocycles. The number of rotatable bonds is 0. The number of cyclic esters (lactones) is 1. The number of hydrogen-bond acceptors (Lipinski definition) is 3. The smallest absolute Gasteiger partial charge is 0.410 e. The summed E-state index contributed by atoms with van der Waals surface area (Å²) in [6.45, 7) is 1.05. The zero-order valence-corrected chi connectivity index (χ0v) is 8.64. The van der Waals surface area contributed by atoms with E-state index in [1.165, 1.54) is 5.56 Å². The standard InChI is InChI=1S/C12H10N2O2/c13-5-8-1-2-9-4-11-7-16-12(15)14(11)6-10(9)3-8/h1-3,11H,4,6-7H2/t11-/m0/s1. The highest BCUT2D eigenvalue weighted by Gasteiger charge is 2.36. The first kappa shape index (κ1) is 9.22. The molecule has 0 bridgehead atoms. The predicted molar refractivity (Wildman–Crippen MR) is 55.5 cm³/mol. The van der Waals surface area contributed by atoms with Gasteiger partial charge in [-0.3, -0.25) is 4.90 Å². The maximum absolute atomic E-state index is 11.4. The van der Waals surface area contributed by atoms with Gasteiger partial charge in [0.25, 0.3) is 0 Å². The van der Waals surface area contributed by atoms with Gasteiger partial charge in [0.2, 0.25) is 0 Å². The van der Waals surface area contributed by atoms with E-state index in [1.54, 1.807) is 4.90 Å². The van der Waals surface area contributed by atoms with Crippen LogP contribution in [-0.2, 0) is 17.7 Å². The van der Waals surface area contributed by atoms with Crippen molar-refractivity contribution in [3.05, 3.63) is 34.9 Å². The van der Waals surface area contributed by atoms with Crippen molar-refractivity contribution in [3.8, 4) is 6.07 Å². The minimum Gasteiger partial charge on any atom is -0.447 e. The van der Waals surface area contributed by atoms with Gasteiger partial charge in [0.15, 0.2) is 0 Å². The largest absolute Gasteiger partial charge is 0.447 e. The molecule has 1 aromatic carbocycles. The zero-order valence-electron chi connectivity index (χ0n) is 8.64. The van der Waals surface area contributed by atoms with Gasteiger partial charge in [-0.2, -0.15) is 5.26 Å². The van der Waals surface area contributed by atoms with Crippen molar-refractivity contribution in [2.75, 3.05) is 6.61 Å². The topological polar surface area (TPSA) is 53.3 Å². The molecule has 1 fully saturated rings. The summed E-state index contributed by atoms with van der Waals surface area (Å²) in [5.74, 6) is 0. The first-order chi connectivity index (χ1) is 7.78. The maximum atomic E-state index is 11.4. The number of fused-ring (bicyclic) bond motifs is 2. The molecular formula is C12H10N2O2. The minimum absolute atomic E-state index is 0.174. The van der Waals surface area contributed by atoms with Gasteiger partial charge in [-0.1, -0.05) is 6.07 Å². The van der Waals surface area contributed by atoms with E-state index in [0.717, 1.165) is 12.0 Å². The van der Waals surface area contributed by atoms with E-state index < -0.39 is 0 Å². The number of nitriles is 1. The van der Waals surface area contributed by atoms with Gasteiger partial charge < -0.3 is 4.74 Å². The number of ether oxygens (including phenoxy) is 1. The summed E-state index contributed by atoms with van der Waals surface area (Å²) in [5.41, 5.74) is 2.93. The van der Waals surface area contributed by atoms with Gasteiger partial charge in [-0.05, 0) is 29.7 Å². The third kappa shape index (κ3) is 1.25. The summed E-state index contributed by atoms with van der Waals surface area (Å²) in [7, 11) is 0. The Hall–Kier alpha value is -2.02. The van der Waals surface area contributed by atoms with Crippen molar-refractivity contribution in [1.82, 2.24) is 4.90 Å². The molecule has 4 nitrogen and oxygen atoms in total. The van der Waals surface area contributed by atoms with Crippen LogP contribution in [0, 0.1) is 11.3 Å². The van der Waals surface area contributed by atoms with Gasteiger partial charge in [-0.25, -0.2) is 4.79 Å². The Morgan fingerprint density at radius 1 is 1.44 bits per heavy atom. The molecular weight excluding hydrogens is 204 g/mol. The van der Waals surface area contributed by atoms with Crippen LogP contribution in [0.4, 0.5) is 4.79 Å². The molecule has 80 valence electrons. The van der Waals surface area contributed by atoms with Crippen LogP contribution in [0.2, 0.25) is 0 Å². The van der Waals surface area contributed by atoms with Crippen molar-refractivity contribution in [2.45, 2.75) is 19.0 Å². The maximum Gasteiger partial charge on any atom is 0.410 e. The number of hydrogen-bond donors (Lipinski definition) is 0. The summed E-state index contributed by atoms with van der Waals surface area (Å²) < 4.78 is 5.01. The fourth-order valence-electron chi connectivity index (χ4n) is 2.33. The fourth-order valence-corrected chi connectivity index (χ4v) is 2.33. The molecule has 1 atom stereocenters. The second kappa shape index (κ2) is 3.24. The molecule has 2 aliphatic heterocycles. The number of amides is 1. The first-order valence-electron chi connectivity index (χ1n) is 5.23. The lowest BCUT2D eigenvalue weighted by Gasteiger charge is -2.28. The van der Waals surface area contributed by atoms with E-state index in [0.29, 0.717) is 18.7 Å². The predicted octanol–water partition coefficient (Wildman–Crippen LogP) is 1.44. The molecule has 0 spiro atoms. The lowest BCUT2D eigenvalue weighted by atomic mass is 9.94. The monoisotopic (exact) mass is 214 g/mol. The molecule has 16 heavy (non-hydrogen) atoms. The van der Waals surface area contributed by atoms with E-state index in [2.05, 4.69) is 6.07 Å². The summed E-state index contributed by atoms with van der Waals surface area (Å²) >= 11 is 0. The number of benzene rings is 1. The zero-order chi connectivity index (χ0) is 11.1. The second-order valence-electron chi connectivity index (χ2n) is 4.16. The van der Waals surface area contributed by atoms with Crippen molar-refractivity contribution in [3.63, 3.8) is 0 Å². The molecule has 0 aliphatic carbocycles. The quantitative estimate of drug-likeness (QED) is 0.656. The molecule has 1 amide bonds. The molecule has 0 unspecified atom stereocenters. The molecule has 4 heteroatoms. The molecule has 2 aliphatic rings. The average Bonchev–Trinajstić information content (AvgIpc) is 2.67. The molecule has 0 N–H and O–H groups in total. The van der Waals surface area contributed by atoms with Crippen molar-refractivity contribution < 1.29 is 9.53 Å². The summed E-state index contributed by atoms with van der Waals surface area (Å²) in [6.07, 6.45) is 0.588. The fraction of sp³-hybridized carbons (Fsp3) is 0.333.